The van der Waals surface area contributed by atoms with Gasteiger partial charge in [0.2, 0.25) is 11.8 Å². The molecule has 2 amide bonds. The van der Waals surface area contributed by atoms with Crippen molar-refractivity contribution in [2.75, 3.05) is 30.9 Å². The van der Waals surface area contributed by atoms with E-state index in [1.165, 1.54) is 26.2 Å². The Morgan fingerprint density at radius 1 is 1.12 bits per heavy atom. The number of alkyl halides is 3. The molecule has 0 heterocycles. The highest BCUT2D eigenvalue weighted by Crippen LogP contribution is 2.36. The Morgan fingerprint density at radius 2 is 1.79 bits per heavy atom. The molecule has 184 valence electrons. The summed E-state index contributed by atoms with van der Waals surface area (Å²) in [5.41, 5.74) is 5.63. The lowest BCUT2D eigenvalue weighted by Crippen LogP contribution is -2.30. The summed E-state index contributed by atoms with van der Waals surface area (Å²) in [6.45, 7) is 2.28. The Balaban J connectivity index is 1.99. The van der Waals surface area contributed by atoms with E-state index in [-0.39, 0.29) is 17.1 Å². The minimum atomic E-state index is -4.58. The summed E-state index contributed by atoms with van der Waals surface area (Å²) in [6.07, 6.45) is -4.55. The van der Waals surface area contributed by atoms with Crippen molar-refractivity contribution in [3.63, 3.8) is 0 Å². The maximum absolute atomic E-state index is 13.6. The molecule has 0 aliphatic carbocycles. The highest BCUT2D eigenvalue weighted by molar-refractivity contribution is 6.04. The molecule has 0 bridgehead atoms. The molecule has 2 aromatic carbocycles. The van der Waals surface area contributed by atoms with Crippen molar-refractivity contribution >= 4 is 29.0 Å². The SMILES string of the molecule is COCCCNc1ccc(C(C)NC(=O)CC(=O)Nc2ccc(C(=N)N)cc2)cc1C(F)(F)F. The molecule has 0 aliphatic heterocycles. The van der Waals surface area contributed by atoms with E-state index in [0.717, 1.165) is 6.07 Å². The van der Waals surface area contributed by atoms with E-state index in [9.17, 15) is 22.8 Å². The topological polar surface area (TPSA) is 129 Å². The summed E-state index contributed by atoms with van der Waals surface area (Å²) in [5, 5.41) is 15.2. The largest absolute Gasteiger partial charge is 0.418 e. The summed E-state index contributed by atoms with van der Waals surface area (Å²) in [7, 11) is 1.52. The number of halogens is 3. The quantitative estimate of drug-likeness (QED) is 0.145. The molecule has 0 fully saturated rings. The molecule has 0 saturated carbocycles. The summed E-state index contributed by atoms with van der Waals surface area (Å²) in [5.74, 6) is -1.35. The first-order valence-electron chi connectivity index (χ1n) is 10.5. The Labute approximate surface area is 195 Å². The van der Waals surface area contributed by atoms with Crippen LogP contribution in [0.4, 0.5) is 24.5 Å². The van der Waals surface area contributed by atoms with Crippen LogP contribution >= 0.6 is 0 Å². The zero-order chi connectivity index (χ0) is 25.3. The standard InChI is InChI=1S/C23H28F3N5O3/c1-14(16-6-9-19(29-10-3-11-34-2)18(12-16)23(24,25)26)30-20(32)13-21(33)31-17-7-4-15(5-8-17)22(27)28/h4-9,12,14,29H,3,10-11,13H2,1-2H3,(H3,27,28)(H,30,32)(H,31,33). The third kappa shape index (κ3) is 8.07. The zero-order valence-electron chi connectivity index (χ0n) is 18.9. The molecule has 6 N–H and O–H groups in total. The van der Waals surface area contributed by atoms with Gasteiger partial charge >= 0.3 is 6.18 Å². The number of nitrogen functional groups attached to an aromatic ring is 1. The molecule has 0 saturated heterocycles. The number of nitrogens with two attached hydrogens (primary N) is 1. The van der Waals surface area contributed by atoms with Crippen LogP contribution in [-0.4, -0.2) is 37.9 Å². The number of amides is 2. The number of anilines is 2. The van der Waals surface area contributed by atoms with Gasteiger partial charge in [-0.15, -0.1) is 0 Å². The van der Waals surface area contributed by atoms with E-state index >= 15 is 0 Å². The van der Waals surface area contributed by atoms with Gasteiger partial charge in [0.25, 0.3) is 0 Å². The first kappa shape index (κ1) is 26.7. The molecule has 0 spiro atoms. The second-order valence-electron chi connectivity index (χ2n) is 7.58. The molecule has 2 aromatic rings. The van der Waals surface area contributed by atoms with E-state index in [1.807, 2.05) is 0 Å². The average Bonchev–Trinajstić information content (AvgIpc) is 2.76. The van der Waals surface area contributed by atoms with Gasteiger partial charge in [-0.2, -0.15) is 13.2 Å². The third-order valence-electron chi connectivity index (χ3n) is 4.87. The predicted molar refractivity (Wildman–Crippen MR) is 124 cm³/mol. The molecule has 0 radical (unpaired) electrons. The van der Waals surface area contributed by atoms with Crippen LogP contribution in [-0.2, 0) is 20.5 Å². The van der Waals surface area contributed by atoms with E-state index in [1.54, 1.807) is 24.3 Å². The average molecular weight is 480 g/mol. The van der Waals surface area contributed by atoms with Crippen molar-refractivity contribution < 1.29 is 27.5 Å². The van der Waals surface area contributed by atoms with Crippen LogP contribution in [0.5, 0.6) is 0 Å². The maximum atomic E-state index is 13.6. The smallest absolute Gasteiger partial charge is 0.385 e. The summed E-state index contributed by atoms with van der Waals surface area (Å²) in [6, 6.07) is 9.24. The Hall–Kier alpha value is -3.60. The first-order valence-corrected chi connectivity index (χ1v) is 10.5. The van der Waals surface area contributed by atoms with Crippen molar-refractivity contribution in [1.82, 2.24) is 5.32 Å². The van der Waals surface area contributed by atoms with Gasteiger partial charge in [-0.1, -0.05) is 6.07 Å². The number of hydrogen-bond donors (Lipinski definition) is 5. The molecule has 1 unspecified atom stereocenters. The number of benzene rings is 2. The maximum Gasteiger partial charge on any atom is 0.418 e. The highest BCUT2D eigenvalue weighted by atomic mass is 19.4. The second kappa shape index (κ2) is 12.0. The van der Waals surface area contributed by atoms with Gasteiger partial charge in [-0.05, 0) is 55.3 Å². The number of rotatable bonds is 11. The van der Waals surface area contributed by atoms with Gasteiger partial charge in [0.15, 0.2) is 0 Å². The molecular weight excluding hydrogens is 451 g/mol. The van der Waals surface area contributed by atoms with Crippen molar-refractivity contribution in [3.8, 4) is 0 Å². The molecule has 11 heteroatoms. The molecule has 0 aromatic heterocycles. The van der Waals surface area contributed by atoms with Crippen LogP contribution in [0.25, 0.3) is 0 Å². The predicted octanol–water partition coefficient (Wildman–Crippen LogP) is 3.64. The van der Waals surface area contributed by atoms with Gasteiger partial charge in [0, 0.05) is 37.2 Å². The van der Waals surface area contributed by atoms with Crippen molar-refractivity contribution in [2.45, 2.75) is 32.0 Å². The van der Waals surface area contributed by atoms with Gasteiger partial charge in [-0.25, -0.2) is 0 Å². The number of nitrogens with one attached hydrogen (secondary N) is 4. The fourth-order valence-electron chi connectivity index (χ4n) is 3.12. The fraction of sp³-hybridized carbons (Fsp3) is 0.348. The molecule has 0 aliphatic rings. The fourth-order valence-corrected chi connectivity index (χ4v) is 3.12. The van der Waals surface area contributed by atoms with Gasteiger partial charge < -0.3 is 26.4 Å². The Bertz CT molecular complexity index is 1010. The lowest BCUT2D eigenvalue weighted by Gasteiger charge is -2.19. The van der Waals surface area contributed by atoms with E-state index < -0.39 is 36.0 Å². The number of carbonyl (C=O) groups excluding carboxylic acids is 2. The van der Waals surface area contributed by atoms with Crippen LogP contribution in [0.15, 0.2) is 42.5 Å². The molecule has 8 nitrogen and oxygen atoms in total. The number of carbonyl (C=O) groups is 2. The summed E-state index contributed by atoms with van der Waals surface area (Å²) < 4.78 is 45.6. The van der Waals surface area contributed by atoms with E-state index in [2.05, 4.69) is 16.0 Å². The zero-order valence-corrected chi connectivity index (χ0v) is 18.9. The number of ether oxygens (including phenoxy) is 1. The molecule has 1 atom stereocenters. The molecule has 34 heavy (non-hydrogen) atoms. The van der Waals surface area contributed by atoms with Crippen LogP contribution < -0.4 is 21.7 Å². The van der Waals surface area contributed by atoms with E-state index in [4.69, 9.17) is 15.9 Å². The van der Waals surface area contributed by atoms with Crippen molar-refractivity contribution in [1.29, 1.82) is 5.41 Å². The number of hydrogen-bond acceptors (Lipinski definition) is 5. The van der Waals surface area contributed by atoms with Crippen LogP contribution in [0, 0.1) is 5.41 Å². The lowest BCUT2D eigenvalue weighted by atomic mass is 10.0. The van der Waals surface area contributed by atoms with Crippen LogP contribution in [0.1, 0.15) is 42.5 Å². The Morgan fingerprint density at radius 3 is 2.38 bits per heavy atom. The van der Waals surface area contributed by atoms with Crippen LogP contribution in [0.2, 0.25) is 0 Å². The van der Waals surface area contributed by atoms with Gasteiger partial charge in [0.1, 0.15) is 12.3 Å². The minimum Gasteiger partial charge on any atom is -0.385 e. The van der Waals surface area contributed by atoms with Crippen LogP contribution in [0.3, 0.4) is 0 Å². The lowest BCUT2D eigenvalue weighted by molar-refractivity contribution is -0.137. The molecule has 2 rings (SSSR count). The molecular formula is C23H28F3N5O3. The van der Waals surface area contributed by atoms with Gasteiger partial charge in [0.05, 0.1) is 11.6 Å². The monoisotopic (exact) mass is 479 g/mol. The first-order chi connectivity index (χ1) is 16.0. The minimum absolute atomic E-state index is 0.0546. The van der Waals surface area contributed by atoms with E-state index in [0.29, 0.717) is 30.8 Å². The second-order valence-corrected chi connectivity index (χ2v) is 7.58. The summed E-state index contributed by atoms with van der Waals surface area (Å²) in [4.78, 5) is 24.4. The third-order valence-corrected chi connectivity index (χ3v) is 4.87. The Kier molecular flexibility index (Phi) is 9.43. The normalized spacial score (nSPS) is 12.0. The number of methoxy groups -OCH3 is 1. The van der Waals surface area contributed by atoms with Crippen molar-refractivity contribution in [2.24, 2.45) is 5.73 Å². The number of amidine groups is 1. The van der Waals surface area contributed by atoms with Gasteiger partial charge in [-0.3, -0.25) is 15.0 Å². The van der Waals surface area contributed by atoms with Crippen molar-refractivity contribution in [3.05, 3.63) is 59.2 Å². The summed E-state index contributed by atoms with van der Waals surface area (Å²) >= 11 is 0. The highest BCUT2D eigenvalue weighted by Gasteiger charge is 2.34.